The Morgan fingerprint density at radius 3 is 2.89 bits per heavy atom. The molecule has 1 aromatic rings. The van der Waals surface area contributed by atoms with E-state index in [0.29, 0.717) is 15.6 Å². The average Bonchev–Trinajstić information content (AvgIpc) is 2.38. The van der Waals surface area contributed by atoms with E-state index in [1.807, 2.05) is 0 Å². The Balaban J connectivity index is 2.15. The molecule has 0 amide bonds. The molecule has 3 nitrogen and oxygen atoms in total. The number of benzene rings is 1. The van der Waals surface area contributed by atoms with Gasteiger partial charge in [-0.2, -0.15) is 0 Å². The highest BCUT2D eigenvalue weighted by Gasteiger charge is 2.27. The van der Waals surface area contributed by atoms with Gasteiger partial charge in [0, 0.05) is 18.0 Å². The van der Waals surface area contributed by atoms with Crippen LogP contribution in [-0.4, -0.2) is 22.7 Å². The fourth-order valence-corrected chi connectivity index (χ4v) is 4.37. The average molecular weight is 288 g/mol. The van der Waals surface area contributed by atoms with Crippen molar-refractivity contribution in [3.63, 3.8) is 0 Å². The minimum absolute atomic E-state index is 0.129. The molecule has 2 N–H and O–H groups in total. The molecule has 1 aliphatic carbocycles. The number of nitrogens with two attached hydrogens (primary N) is 1. The number of nitrogen functional groups attached to an aromatic ring is 1. The lowest BCUT2D eigenvalue weighted by Crippen LogP contribution is -2.28. The van der Waals surface area contributed by atoms with Crippen molar-refractivity contribution in [2.24, 2.45) is 0 Å². The molecule has 5 heteroatoms. The smallest absolute Gasteiger partial charge is 0.0588 e. The van der Waals surface area contributed by atoms with Crippen LogP contribution in [0.25, 0.3) is 0 Å². The summed E-state index contributed by atoms with van der Waals surface area (Å²) in [4.78, 5) is 0.688. The van der Waals surface area contributed by atoms with Crippen LogP contribution >= 0.6 is 11.6 Å². The van der Waals surface area contributed by atoms with Gasteiger partial charge in [0.25, 0.3) is 0 Å². The topological polar surface area (TPSA) is 52.3 Å². The molecule has 100 valence electrons. The molecule has 0 heterocycles. The molecular weight excluding hydrogens is 270 g/mol. The highest BCUT2D eigenvalue weighted by molar-refractivity contribution is 7.85. The number of hydrogen-bond donors (Lipinski definition) is 1. The van der Waals surface area contributed by atoms with Crippen molar-refractivity contribution in [3.8, 4) is 0 Å². The van der Waals surface area contributed by atoms with Crippen LogP contribution in [0.4, 0.5) is 5.69 Å². The minimum atomic E-state index is -1.08. The molecule has 18 heavy (non-hydrogen) atoms. The summed E-state index contributed by atoms with van der Waals surface area (Å²) in [7, 11) is 0.635. The van der Waals surface area contributed by atoms with Crippen LogP contribution < -0.4 is 5.73 Å². The molecule has 1 fully saturated rings. The molecule has 0 aromatic heterocycles. The summed E-state index contributed by atoms with van der Waals surface area (Å²) in [6, 6.07) is 5.17. The van der Waals surface area contributed by atoms with E-state index in [0.717, 1.165) is 25.7 Å². The predicted octanol–water partition coefficient (Wildman–Crippen LogP) is 2.99. The third kappa shape index (κ3) is 3.05. The normalized spacial score (nSPS) is 25.9. The fourth-order valence-electron chi connectivity index (χ4n) is 2.37. The summed E-state index contributed by atoms with van der Waals surface area (Å²) in [6.07, 6.45) is 4.14. The molecule has 1 aliphatic rings. The first-order valence-electron chi connectivity index (χ1n) is 6.10. The molecular formula is C13H18ClNO2S. The van der Waals surface area contributed by atoms with Crippen molar-refractivity contribution in [1.82, 2.24) is 0 Å². The van der Waals surface area contributed by atoms with Crippen LogP contribution in [0.15, 0.2) is 23.1 Å². The first kappa shape index (κ1) is 13.8. The third-order valence-corrected chi connectivity index (χ3v) is 5.63. The zero-order valence-corrected chi connectivity index (χ0v) is 12.0. The molecule has 1 saturated carbocycles. The van der Waals surface area contributed by atoms with Gasteiger partial charge in [0.15, 0.2) is 0 Å². The molecule has 0 spiro atoms. The van der Waals surface area contributed by atoms with Crippen molar-refractivity contribution in [1.29, 1.82) is 0 Å². The SMILES string of the molecule is COC1CCCC(S(=O)c2ccc(N)cc2Cl)C1. The molecule has 0 aliphatic heterocycles. The van der Waals surface area contributed by atoms with E-state index >= 15 is 0 Å². The van der Waals surface area contributed by atoms with Crippen LogP contribution in [0, 0.1) is 0 Å². The number of methoxy groups -OCH3 is 1. The largest absolute Gasteiger partial charge is 0.399 e. The van der Waals surface area contributed by atoms with Gasteiger partial charge >= 0.3 is 0 Å². The standard InChI is InChI=1S/C13H18ClNO2S/c1-17-10-3-2-4-11(8-10)18(16)13-6-5-9(15)7-12(13)14/h5-7,10-11H,2-4,8,15H2,1H3. The van der Waals surface area contributed by atoms with Gasteiger partial charge in [-0.05, 0) is 43.9 Å². The van der Waals surface area contributed by atoms with Crippen LogP contribution in [0.5, 0.6) is 0 Å². The Morgan fingerprint density at radius 2 is 2.22 bits per heavy atom. The Kier molecular flexibility index (Phi) is 4.65. The zero-order valence-electron chi connectivity index (χ0n) is 10.4. The molecule has 0 saturated heterocycles. The Labute approximate surface area is 115 Å². The van der Waals surface area contributed by atoms with Crippen LogP contribution in [0.2, 0.25) is 5.02 Å². The summed E-state index contributed by atoms with van der Waals surface area (Å²) in [5, 5.41) is 0.623. The van der Waals surface area contributed by atoms with Gasteiger partial charge < -0.3 is 10.5 Å². The molecule has 2 rings (SSSR count). The van der Waals surface area contributed by atoms with Crippen molar-refractivity contribution >= 4 is 28.1 Å². The van der Waals surface area contributed by atoms with Crippen LogP contribution in [-0.2, 0) is 15.5 Å². The van der Waals surface area contributed by atoms with E-state index in [-0.39, 0.29) is 11.4 Å². The zero-order chi connectivity index (χ0) is 13.1. The first-order valence-corrected chi connectivity index (χ1v) is 7.69. The van der Waals surface area contributed by atoms with Gasteiger partial charge in [0.1, 0.15) is 0 Å². The van der Waals surface area contributed by atoms with E-state index < -0.39 is 10.8 Å². The number of anilines is 1. The van der Waals surface area contributed by atoms with Crippen LogP contribution in [0.3, 0.4) is 0 Å². The summed E-state index contributed by atoms with van der Waals surface area (Å²) < 4.78 is 17.9. The number of halogens is 1. The van der Waals surface area contributed by atoms with Gasteiger partial charge in [-0.25, -0.2) is 0 Å². The lowest BCUT2D eigenvalue weighted by Gasteiger charge is -2.27. The second kappa shape index (κ2) is 6.04. The van der Waals surface area contributed by atoms with Crippen LogP contribution in [0.1, 0.15) is 25.7 Å². The minimum Gasteiger partial charge on any atom is -0.399 e. The third-order valence-electron chi connectivity index (χ3n) is 3.39. The van der Waals surface area contributed by atoms with Crippen molar-refractivity contribution < 1.29 is 8.95 Å². The summed E-state index contributed by atoms with van der Waals surface area (Å²) in [5.74, 6) is 0. The number of rotatable bonds is 3. The molecule has 3 atom stereocenters. The summed E-state index contributed by atoms with van der Waals surface area (Å²) in [5.41, 5.74) is 6.24. The maximum absolute atomic E-state index is 12.5. The van der Waals surface area contributed by atoms with E-state index in [1.165, 1.54) is 0 Å². The van der Waals surface area contributed by atoms with E-state index in [9.17, 15) is 4.21 Å². The van der Waals surface area contributed by atoms with Crippen molar-refractivity contribution in [2.45, 2.75) is 41.9 Å². The highest BCUT2D eigenvalue weighted by Crippen LogP contribution is 2.31. The highest BCUT2D eigenvalue weighted by atomic mass is 35.5. The second-order valence-electron chi connectivity index (χ2n) is 4.63. The lowest BCUT2D eigenvalue weighted by molar-refractivity contribution is 0.0725. The van der Waals surface area contributed by atoms with Gasteiger partial charge in [0.05, 0.1) is 26.8 Å². The second-order valence-corrected chi connectivity index (χ2v) is 6.74. The van der Waals surface area contributed by atoms with E-state index in [1.54, 1.807) is 25.3 Å². The van der Waals surface area contributed by atoms with Gasteiger partial charge in [0.2, 0.25) is 0 Å². The fraction of sp³-hybridized carbons (Fsp3) is 0.538. The monoisotopic (exact) mass is 287 g/mol. The number of hydrogen-bond acceptors (Lipinski definition) is 3. The van der Waals surface area contributed by atoms with Crippen molar-refractivity contribution in [2.75, 3.05) is 12.8 Å². The molecule has 1 aromatic carbocycles. The Hall–Kier alpha value is -0.580. The van der Waals surface area contributed by atoms with Gasteiger partial charge in [-0.15, -0.1) is 0 Å². The quantitative estimate of drug-likeness (QED) is 0.870. The van der Waals surface area contributed by atoms with E-state index in [4.69, 9.17) is 22.1 Å². The molecule has 0 radical (unpaired) electrons. The summed E-state index contributed by atoms with van der Waals surface area (Å²) >= 11 is 6.11. The van der Waals surface area contributed by atoms with E-state index in [2.05, 4.69) is 0 Å². The Morgan fingerprint density at radius 1 is 1.44 bits per heavy atom. The number of ether oxygens (including phenoxy) is 1. The lowest BCUT2D eigenvalue weighted by atomic mass is 9.97. The summed E-state index contributed by atoms with van der Waals surface area (Å²) in [6.45, 7) is 0. The van der Waals surface area contributed by atoms with Gasteiger partial charge in [-0.3, -0.25) is 4.21 Å². The molecule has 0 bridgehead atoms. The maximum atomic E-state index is 12.5. The Bertz CT molecular complexity index is 453. The molecule has 3 unspecified atom stereocenters. The first-order chi connectivity index (χ1) is 8.61. The maximum Gasteiger partial charge on any atom is 0.0588 e. The van der Waals surface area contributed by atoms with Gasteiger partial charge in [-0.1, -0.05) is 11.6 Å². The predicted molar refractivity (Wildman–Crippen MR) is 75.3 cm³/mol. The van der Waals surface area contributed by atoms with Crippen molar-refractivity contribution in [3.05, 3.63) is 23.2 Å².